The number of carbonyl (C=O) groups is 1. The summed E-state index contributed by atoms with van der Waals surface area (Å²) >= 11 is 0. The number of aromatic nitrogens is 4. The number of pyridine rings is 2. The zero-order valence-corrected chi connectivity index (χ0v) is 19.2. The molecule has 1 saturated carbocycles. The van der Waals surface area contributed by atoms with Gasteiger partial charge in [0.25, 0.3) is 0 Å². The van der Waals surface area contributed by atoms with Crippen LogP contribution in [0.3, 0.4) is 0 Å². The van der Waals surface area contributed by atoms with Crippen LogP contribution < -0.4 is 5.32 Å². The van der Waals surface area contributed by atoms with Gasteiger partial charge in [0.2, 0.25) is 5.91 Å². The van der Waals surface area contributed by atoms with Crippen molar-refractivity contribution in [3.8, 4) is 11.4 Å². The van der Waals surface area contributed by atoms with E-state index in [0.717, 1.165) is 60.9 Å². The molecule has 3 aromatic rings. The average molecular weight is 446 g/mol. The van der Waals surface area contributed by atoms with Crippen molar-refractivity contribution in [2.75, 3.05) is 45.1 Å². The van der Waals surface area contributed by atoms with Gasteiger partial charge >= 0.3 is 0 Å². The zero-order valence-electron chi connectivity index (χ0n) is 19.2. The lowest BCUT2D eigenvalue weighted by Gasteiger charge is -2.36. The van der Waals surface area contributed by atoms with E-state index in [0.29, 0.717) is 11.7 Å². The first-order chi connectivity index (χ1) is 16.1. The van der Waals surface area contributed by atoms with E-state index in [2.05, 4.69) is 42.1 Å². The van der Waals surface area contributed by atoms with Crippen molar-refractivity contribution < 1.29 is 4.79 Å². The minimum atomic E-state index is 0.0684. The highest BCUT2D eigenvalue weighted by molar-refractivity contribution is 5.94. The van der Waals surface area contributed by atoms with Crippen molar-refractivity contribution in [2.45, 2.75) is 25.7 Å². The Hall–Kier alpha value is -2.97. The third-order valence-corrected chi connectivity index (χ3v) is 7.01. The molecule has 0 unspecified atom stereocenters. The molecule has 0 atom stereocenters. The monoisotopic (exact) mass is 445 g/mol. The second-order valence-electron chi connectivity index (χ2n) is 9.39. The number of anilines is 1. The summed E-state index contributed by atoms with van der Waals surface area (Å²) in [5, 5.41) is 4.94. The summed E-state index contributed by atoms with van der Waals surface area (Å²) in [6.45, 7) is 5.83. The SMILES string of the molecule is CN1CCN(C[C@H]2CC[C@H](C(=O)Nc3cc4cc(-c5cnccn5)ncc4cn3)CC2)CC1. The fraction of sp³-hybridized carbons (Fsp3) is 0.480. The Kier molecular flexibility index (Phi) is 6.55. The van der Waals surface area contributed by atoms with Gasteiger partial charge in [0.05, 0.1) is 11.9 Å². The Balaban J connectivity index is 1.18. The molecule has 1 amide bonds. The van der Waals surface area contributed by atoms with Gasteiger partial charge in [-0.1, -0.05) is 0 Å². The van der Waals surface area contributed by atoms with Gasteiger partial charge in [-0.05, 0) is 56.2 Å². The molecule has 3 aromatic heterocycles. The molecule has 1 aliphatic heterocycles. The van der Waals surface area contributed by atoms with Crippen LogP contribution in [-0.2, 0) is 4.79 Å². The predicted octanol–water partition coefficient (Wildman–Crippen LogP) is 3.08. The molecule has 0 bridgehead atoms. The number of nitrogens with zero attached hydrogens (tertiary/aromatic N) is 6. The van der Waals surface area contributed by atoms with Crippen LogP contribution in [0.1, 0.15) is 25.7 Å². The first-order valence-corrected chi connectivity index (χ1v) is 11.9. The summed E-state index contributed by atoms with van der Waals surface area (Å²) < 4.78 is 0. The highest BCUT2D eigenvalue weighted by atomic mass is 16.1. The average Bonchev–Trinajstić information content (AvgIpc) is 2.86. The molecule has 1 aliphatic carbocycles. The summed E-state index contributed by atoms with van der Waals surface area (Å²) in [6, 6.07) is 3.87. The molecule has 33 heavy (non-hydrogen) atoms. The van der Waals surface area contributed by atoms with Gasteiger partial charge < -0.3 is 15.1 Å². The number of hydrogen-bond acceptors (Lipinski definition) is 7. The van der Waals surface area contributed by atoms with Crippen LogP contribution in [0.5, 0.6) is 0 Å². The quantitative estimate of drug-likeness (QED) is 0.646. The topological polar surface area (TPSA) is 87.1 Å². The third kappa shape index (κ3) is 5.34. The first-order valence-electron chi connectivity index (χ1n) is 11.9. The number of hydrogen-bond donors (Lipinski definition) is 1. The fourth-order valence-corrected chi connectivity index (χ4v) is 4.91. The molecule has 8 nitrogen and oxygen atoms in total. The van der Waals surface area contributed by atoms with E-state index in [1.165, 1.54) is 19.6 Å². The number of nitrogens with one attached hydrogen (secondary N) is 1. The van der Waals surface area contributed by atoms with Crippen molar-refractivity contribution in [1.82, 2.24) is 29.7 Å². The number of fused-ring (bicyclic) bond motifs is 1. The van der Waals surface area contributed by atoms with E-state index in [4.69, 9.17) is 0 Å². The van der Waals surface area contributed by atoms with Crippen molar-refractivity contribution in [2.24, 2.45) is 11.8 Å². The molecule has 2 aliphatic rings. The molecule has 1 N–H and O–H groups in total. The highest BCUT2D eigenvalue weighted by Gasteiger charge is 2.28. The number of amides is 1. The van der Waals surface area contributed by atoms with Crippen LogP contribution in [0.25, 0.3) is 22.2 Å². The maximum atomic E-state index is 12.9. The van der Waals surface area contributed by atoms with Crippen LogP contribution in [0.15, 0.2) is 43.1 Å². The number of rotatable bonds is 5. The van der Waals surface area contributed by atoms with Gasteiger partial charge in [-0.3, -0.25) is 19.7 Å². The number of carbonyl (C=O) groups excluding carboxylic acids is 1. The smallest absolute Gasteiger partial charge is 0.228 e. The minimum absolute atomic E-state index is 0.0684. The summed E-state index contributed by atoms with van der Waals surface area (Å²) in [4.78, 5) is 35.2. The van der Waals surface area contributed by atoms with Gasteiger partial charge in [-0.2, -0.15) is 0 Å². The second-order valence-corrected chi connectivity index (χ2v) is 9.39. The Morgan fingerprint density at radius 1 is 0.909 bits per heavy atom. The molecule has 172 valence electrons. The molecular formula is C25H31N7O. The van der Waals surface area contributed by atoms with E-state index < -0.39 is 0 Å². The van der Waals surface area contributed by atoms with Crippen LogP contribution >= 0.6 is 0 Å². The Morgan fingerprint density at radius 3 is 2.45 bits per heavy atom. The van der Waals surface area contributed by atoms with Crippen LogP contribution in [-0.4, -0.2) is 75.4 Å². The lowest BCUT2D eigenvalue weighted by Crippen LogP contribution is -2.46. The maximum absolute atomic E-state index is 12.9. The maximum Gasteiger partial charge on any atom is 0.228 e. The van der Waals surface area contributed by atoms with Crippen molar-refractivity contribution in [1.29, 1.82) is 0 Å². The molecule has 0 spiro atoms. The lowest BCUT2D eigenvalue weighted by atomic mass is 9.81. The third-order valence-electron chi connectivity index (χ3n) is 7.01. The Morgan fingerprint density at radius 2 is 1.70 bits per heavy atom. The fourth-order valence-electron chi connectivity index (χ4n) is 4.91. The van der Waals surface area contributed by atoms with Crippen molar-refractivity contribution >= 4 is 22.5 Å². The van der Waals surface area contributed by atoms with Crippen molar-refractivity contribution in [3.63, 3.8) is 0 Å². The lowest BCUT2D eigenvalue weighted by molar-refractivity contribution is -0.121. The molecule has 1 saturated heterocycles. The van der Waals surface area contributed by atoms with Crippen LogP contribution in [0, 0.1) is 11.8 Å². The summed E-state index contributed by atoms with van der Waals surface area (Å²) in [6.07, 6.45) is 12.7. The van der Waals surface area contributed by atoms with Gasteiger partial charge in [-0.25, -0.2) is 4.98 Å². The molecule has 0 aromatic carbocycles. The molecule has 5 rings (SSSR count). The Bertz CT molecular complexity index is 1090. The summed E-state index contributed by atoms with van der Waals surface area (Å²) in [5.74, 6) is 1.45. The standard InChI is InChI=1S/C25H31N7O/c1-31-8-10-32(11-9-31)17-18-2-4-19(5-3-18)25(33)30-24-13-20-12-22(23-16-26-6-7-27-23)28-14-21(20)15-29-24/h6-7,12-16,18-19H,2-5,8-11,17H2,1H3,(H,29,30,33)/t18-,19-. The normalized spacial score (nSPS) is 22.3. The zero-order chi connectivity index (χ0) is 22.6. The van der Waals surface area contributed by atoms with E-state index in [-0.39, 0.29) is 11.8 Å². The van der Waals surface area contributed by atoms with E-state index in [1.54, 1.807) is 31.0 Å². The summed E-state index contributed by atoms with van der Waals surface area (Å²) in [5.41, 5.74) is 1.47. The minimum Gasteiger partial charge on any atom is -0.310 e. The molecule has 8 heteroatoms. The second kappa shape index (κ2) is 9.89. The summed E-state index contributed by atoms with van der Waals surface area (Å²) in [7, 11) is 2.19. The molecular weight excluding hydrogens is 414 g/mol. The largest absolute Gasteiger partial charge is 0.310 e. The van der Waals surface area contributed by atoms with E-state index in [1.807, 2.05) is 12.1 Å². The Labute approximate surface area is 194 Å². The van der Waals surface area contributed by atoms with E-state index in [9.17, 15) is 4.79 Å². The van der Waals surface area contributed by atoms with Crippen molar-refractivity contribution in [3.05, 3.63) is 43.1 Å². The highest BCUT2D eigenvalue weighted by Crippen LogP contribution is 2.31. The van der Waals surface area contributed by atoms with Crippen LogP contribution in [0.2, 0.25) is 0 Å². The number of piperazine rings is 1. The van der Waals surface area contributed by atoms with Crippen LogP contribution in [0.4, 0.5) is 5.82 Å². The van der Waals surface area contributed by atoms with Gasteiger partial charge in [0.15, 0.2) is 0 Å². The molecule has 4 heterocycles. The first kappa shape index (κ1) is 21.9. The molecule has 2 fully saturated rings. The van der Waals surface area contributed by atoms with E-state index >= 15 is 0 Å². The van der Waals surface area contributed by atoms with Gasteiger partial charge in [0.1, 0.15) is 11.5 Å². The van der Waals surface area contributed by atoms with Gasteiger partial charge in [-0.15, -0.1) is 0 Å². The number of likely N-dealkylation sites (N-methyl/N-ethyl adjacent to an activating group) is 1. The van der Waals surface area contributed by atoms with Gasteiger partial charge in [0, 0.05) is 68.8 Å². The molecule has 0 radical (unpaired) electrons. The predicted molar refractivity (Wildman–Crippen MR) is 129 cm³/mol.